The van der Waals surface area contributed by atoms with Gasteiger partial charge in [-0.3, -0.25) is 4.79 Å². The van der Waals surface area contributed by atoms with E-state index in [1.54, 1.807) is 35.2 Å². The molecule has 26 heavy (non-hydrogen) atoms. The molecule has 0 bridgehead atoms. The number of aryl methyl sites for hydroxylation is 1. The highest BCUT2D eigenvalue weighted by atomic mass is 32.2. The Kier molecular flexibility index (Phi) is 5.74. The Labute approximate surface area is 155 Å². The van der Waals surface area contributed by atoms with Crippen molar-refractivity contribution < 1.29 is 13.2 Å². The summed E-state index contributed by atoms with van der Waals surface area (Å²) in [5.41, 5.74) is 2.24. The summed E-state index contributed by atoms with van der Waals surface area (Å²) < 4.78 is 26.7. The lowest BCUT2D eigenvalue weighted by molar-refractivity contribution is -0.131. The lowest BCUT2D eigenvalue weighted by atomic mass is 10.1. The minimum Gasteiger partial charge on any atom is -0.340 e. The molecule has 1 aliphatic rings. The molecule has 0 atom stereocenters. The third-order valence-corrected chi connectivity index (χ3v) is 6.67. The largest absolute Gasteiger partial charge is 0.340 e. The van der Waals surface area contributed by atoms with E-state index < -0.39 is 10.0 Å². The van der Waals surface area contributed by atoms with E-state index in [0.29, 0.717) is 37.5 Å². The smallest absolute Gasteiger partial charge is 0.243 e. The van der Waals surface area contributed by atoms with Gasteiger partial charge in [-0.15, -0.1) is 0 Å². The van der Waals surface area contributed by atoms with Crippen LogP contribution in [0.5, 0.6) is 0 Å². The van der Waals surface area contributed by atoms with Crippen LogP contribution in [0.15, 0.2) is 59.5 Å². The summed E-state index contributed by atoms with van der Waals surface area (Å²) in [6, 6.07) is 16.5. The third-order valence-electron chi connectivity index (χ3n) is 4.76. The molecule has 1 fully saturated rings. The van der Waals surface area contributed by atoms with Gasteiger partial charge in [0.05, 0.1) is 11.3 Å². The number of amides is 1. The number of rotatable bonds is 5. The highest BCUT2D eigenvalue weighted by Gasteiger charge is 2.29. The molecular formula is C20H24N2O3S. The second kappa shape index (κ2) is 8.01. The molecule has 6 heteroatoms. The molecule has 0 aromatic heterocycles. The third kappa shape index (κ3) is 4.14. The van der Waals surface area contributed by atoms with Gasteiger partial charge in [0.2, 0.25) is 15.9 Å². The van der Waals surface area contributed by atoms with Crippen molar-refractivity contribution in [2.24, 2.45) is 0 Å². The standard InChI is InChI=1S/C20H24N2O3S/c1-2-17-8-10-18(11-9-17)16-20(23)21-12-14-22(15-13-21)26(24,25)19-6-4-3-5-7-19/h3-11H,2,12-16H2,1H3. The maximum Gasteiger partial charge on any atom is 0.243 e. The van der Waals surface area contributed by atoms with Crippen LogP contribution < -0.4 is 0 Å². The van der Waals surface area contributed by atoms with Gasteiger partial charge in [0.15, 0.2) is 0 Å². The molecule has 1 aliphatic heterocycles. The summed E-state index contributed by atoms with van der Waals surface area (Å²) in [6.07, 6.45) is 1.33. The predicted octanol–water partition coefficient (Wildman–Crippen LogP) is 2.32. The van der Waals surface area contributed by atoms with E-state index in [9.17, 15) is 13.2 Å². The fourth-order valence-electron chi connectivity index (χ4n) is 3.10. The normalized spacial score (nSPS) is 15.8. The van der Waals surface area contributed by atoms with Crippen LogP contribution >= 0.6 is 0 Å². The van der Waals surface area contributed by atoms with E-state index >= 15 is 0 Å². The summed E-state index contributed by atoms with van der Waals surface area (Å²) >= 11 is 0. The second-order valence-electron chi connectivity index (χ2n) is 6.44. The van der Waals surface area contributed by atoms with Crippen molar-refractivity contribution in [3.8, 4) is 0 Å². The van der Waals surface area contributed by atoms with Gasteiger partial charge in [0, 0.05) is 26.2 Å². The van der Waals surface area contributed by atoms with E-state index in [4.69, 9.17) is 0 Å². The molecule has 0 N–H and O–H groups in total. The molecule has 1 saturated heterocycles. The van der Waals surface area contributed by atoms with Crippen LogP contribution in [-0.2, 0) is 27.7 Å². The number of benzene rings is 2. The zero-order chi connectivity index (χ0) is 18.6. The lowest BCUT2D eigenvalue weighted by Gasteiger charge is -2.34. The van der Waals surface area contributed by atoms with Crippen molar-refractivity contribution in [3.63, 3.8) is 0 Å². The van der Waals surface area contributed by atoms with Gasteiger partial charge in [-0.05, 0) is 29.7 Å². The van der Waals surface area contributed by atoms with Crippen molar-refractivity contribution in [1.82, 2.24) is 9.21 Å². The van der Waals surface area contributed by atoms with Gasteiger partial charge in [0.25, 0.3) is 0 Å². The van der Waals surface area contributed by atoms with E-state index in [1.165, 1.54) is 9.87 Å². The molecule has 138 valence electrons. The zero-order valence-electron chi connectivity index (χ0n) is 15.0. The van der Waals surface area contributed by atoms with Gasteiger partial charge >= 0.3 is 0 Å². The summed E-state index contributed by atoms with van der Waals surface area (Å²) in [5, 5.41) is 0. The molecule has 5 nitrogen and oxygen atoms in total. The molecule has 1 amide bonds. The van der Waals surface area contributed by atoms with Crippen LogP contribution in [0.25, 0.3) is 0 Å². The zero-order valence-corrected chi connectivity index (χ0v) is 15.8. The minimum absolute atomic E-state index is 0.0472. The van der Waals surface area contributed by atoms with E-state index in [1.807, 2.05) is 24.3 Å². The first-order valence-electron chi connectivity index (χ1n) is 8.91. The van der Waals surface area contributed by atoms with Crippen LogP contribution in [0.1, 0.15) is 18.1 Å². The fourth-order valence-corrected chi connectivity index (χ4v) is 4.54. The highest BCUT2D eigenvalue weighted by molar-refractivity contribution is 7.89. The van der Waals surface area contributed by atoms with Gasteiger partial charge in [-0.2, -0.15) is 4.31 Å². The molecule has 0 radical (unpaired) electrons. The molecule has 0 aliphatic carbocycles. The SMILES string of the molecule is CCc1ccc(CC(=O)N2CCN(S(=O)(=O)c3ccccc3)CC2)cc1. The molecule has 0 saturated carbocycles. The second-order valence-corrected chi connectivity index (χ2v) is 8.38. The number of carbonyl (C=O) groups is 1. The maximum atomic E-state index is 12.6. The Balaban J connectivity index is 1.58. The first kappa shape index (κ1) is 18.6. The number of carbonyl (C=O) groups excluding carboxylic acids is 1. The van der Waals surface area contributed by atoms with E-state index in [2.05, 4.69) is 6.92 Å². The molecule has 0 spiro atoms. The highest BCUT2D eigenvalue weighted by Crippen LogP contribution is 2.17. The van der Waals surface area contributed by atoms with Crippen LogP contribution in [0, 0.1) is 0 Å². The Morgan fingerprint density at radius 1 is 0.885 bits per heavy atom. The first-order valence-corrected chi connectivity index (χ1v) is 10.4. The number of sulfonamides is 1. The maximum absolute atomic E-state index is 12.6. The number of nitrogens with zero attached hydrogens (tertiary/aromatic N) is 2. The Hall–Kier alpha value is -2.18. The molecule has 2 aromatic rings. The van der Waals surface area contributed by atoms with Crippen LogP contribution in [0.3, 0.4) is 0 Å². The molecule has 2 aromatic carbocycles. The summed E-state index contributed by atoms with van der Waals surface area (Å²) in [7, 11) is -3.48. The topological polar surface area (TPSA) is 57.7 Å². The summed E-state index contributed by atoms with van der Waals surface area (Å²) in [5.74, 6) is 0.0472. The molecule has 3 rings (SSSR count). The molecule has 0 unspecified atom stereocenters. The average molecular weight is 372 g/mol. The Morgan fingerprint density at radius 3 is 2.04 bits per heavy atom. The average Bonchev–Trinajstić information content (AvgIpc) is 2.69. The van der Waals surface area contributed by atoms with Crippen molar-refractivity contribution in [3.05, 3.63) is 65.7 Å². The lowest BCUT2D eigenvalue weighted by Crippen LogP contribution is -2.50. The van der Waals surface area contributed by atoms with E-state index in [-0.39, 0.29) is 5.91 Å². The van der Waals surface area contributed by atoms with Gasteiger partial charge in [-0.25, -0.2) is 8.42 Å². The molecule has 1 heterocycles. The fraction of sp³-hybridized carbons (Fsp3) is 0.350. The van der Waals surface area contributed by atoms with Crippen LogP contribution in [0.2, 0.25) is 0 Å². The Morgan fingerprint density at radius 2 is 1.46 bits per heavy atom. The van der Waals surface area contributed by atoms with Crippen molar-refractivity contribution in [2.45, 2.75) is 24.7 Å². The van der Waals surface area contributed by atoms with Crippen molar-refractivity contribution in [1.29, 1.82) is 0 Å². The van der Waals surface area contributed by atoms with Crippen LogP contribution in [-0.4, -0.2) is 49.7 Å². The summed E-state index contributed by atoms with van der Waals surface area (Å²) in [6.45, 7) is 3.62. The quantitative estimate of drug-likeness (QED) is 0.809. The van der Waals surface area contributed by atoms with Crippen molar-refractivity contribution >= 4 is 15.9 Å². The predicted molar refractivity (Wildman–Crippen MR) is 101 cm³/mol. The minimum atomic E-state index is -3.48. The van der Waals surface area contributed by atoms with E-state index in [0.717, 1.165) is 12.0 Å². The van der Waals surface area contributed by atoms with Crippen molar-refractivity contribution in [2.75, 3.05) is 26.2 Å². The van der Waals surface area contributed by atoms with Crippen LogP contribution in [0.4, 0.5) is 0 Å². The number of hydrogen-bond acceptors (Lipinski definition) is 3. The summed E-state index contributed by atoms with van der Waals surface area (Å²) in [4.78, 5) is 14.6. The monoisotopic (exact) mass is 372 g/mol. The molecular weight excluding hydrogens is 348 g/mol. The number of hydrogen-bond donors (Lipinski definition) is 0. The Bertz CT molecular complexity index is 840. The van der Waals surface area contributed by atoms with Gasteiger partial charge in [-0.1, -0.05) is 49.4 Å². The van der Waals surface area contributed by atoms with Gasteiger partial charge < -0.3 is 4.90 Å². The number of piperazine rings is 1. The first-order chi connectivity index (χ1) is 12.5. The van der Waals surface area contributed by atoms with Gasteiger partial charge in [0.1, 0.15) is 0 Å².